The van der Waals surface area contributed by atoms with Gasteiger partial charge in [0.25, 0.3) is 0 Å². The average Bonchev–Trinajstić information content (AvgIpc) is 2.29. The zero-order valence-electron chi connectivity index (χ0n) is 9.59. The molecule has 0 heterocycles. The van der Waals surface area contributed by atoms with E-state index in [1.807, 2.05) is 30.3 Å². The van der Waals surface area contributed by atoms with Crippen molar-refractivity contribution in [3.8, 4) is 0 Å². The van der Waals surface area contributed by atoms with Crippen LogP contribution < -0.4 is 11.1 Å². The largest absolute Gasteiger partial charge is 0.480 e. The van der Waals surface area contributed by atoms with Crippen molar-refractivity contribution < 1.29 is 14.7 Å². The Morgan fingerprint density at radius 3 is 2.47 bits per heavy atom. The molecule has 17 heavy (non-hydrogen) atoms. The van der Waals surface area contributed by atoms with Gasteiger partial charge in [-0.25, -0.2) is 0 Å². The number of amides is 1. The SMILES string of the molecule is C[C@@H](NC(=O)C(N)Cc1ccccc1)C(=O)O. The highest BCUT2D eigenvalue weighted by Crippen LogP contribution is 2.02. The van der Waals surface area contributed by atoms with E-state index in [4.69, 9.17) is 10.8 Å². The van der Waals surface area contributed by atoms with E-state index in [1.54, 1.807) is 0 Å². The maximum atomic E-state index is 11.6. The van der Waals surface area contributed by atoms with Gasteiger partial charge in [-0.1, -0.05) is 30.3 Å². The first-order valence-corrected chi connectivity index (χ1v) is 5.33. The number of rotatable bonds is 5. The van der Waals surface area contributed by atoms with Crippen molar-refractivity contribution in [2.75, 3.05) is 0 Å². The molecular formula is C12H16N2O3. The molecule has 4 N–H and O–H groups in total. The number of nitrogens with one attached hydrogen (secondary N) is 1. The molecule has 1 rings (SSSR count). The zero-order chi connectivity index (χ0) is 12.8. The summed E-state index contributed by atoms with van der Waals surface area (Å²) in [5.74, 6) is -1.53. The second-order valence-corrected chi connectivity index (χ2v) is 3.86. The molecule has 2 atom stereocenters. The molecular weight excluding hydrogens is 220 g/mol. The van der Waals surface area contributed by atoms with Gasteiger partial charge in [0.1, 0.15) is 6.04 Å². The topological polar surface area (TPSA) is 92.4 Å². The predicted molar refractivity (Wildman–Crippen MR) is 63.4 cm³/mol. The third-order valence-electron chi connectivity index (χ3n) is 2.36. The Morgan fingerprint density at radius 2 is 1.94 bits per heavy atom. The lowest BCUT2D eigenvalue weighted by molar-refractivity contribution is -0.141. The number of hydrogen-bond donors (Lipinski definition) is 3. The monoisotopic (exact) mass is 236 g/mol. The Bertz CT molecular complexity index is 392. The van der Waals surface area contributed by atoms with Crippen LogP contribution >= 0.6 is 0 Å². The van der Waals surface area contributed by atoms with Crippen LogP contribution in [-0.4, -0.2) is 29.1 Å². The minimum Gasteiger partial charge on any atom is -0.480 e. The fraction of sp³-hybridized carbons (Fsp3) is 0.333. The number of carbonyl (C=O) groups is 2. The van der Waals surface area contributed by atoms with E-state index in [2.05, 4.69) is 5.32 Å². The second-order valence-electron chi connectivity index (χ2n) is 3.86. The molecule has 1 amide bonds. The summed E-state index contributed by atoms with van der Waals surface area (Å²) in [6, 6.07) is 7.67. The lowest BCUT2D eigenvalue weighted by atomic mass is 10.1. The molecule has 0 aliphatic rings. The lowest BCUT2D eigenvalue weighted by Crippen LogP contribution is -2.47. The summed E-state index contributed by atoms with van der Waals surface area (Å²) < 4.78 is 0. The molecule has 0 fully saturated rings. The van der Waals surface area contributed by atoms with Crippen LogP contribution in [0.25, 0.3) is 0 Å². The van der Waals surface area contributed by atoms with E-state index >= 15 is 0 Å². The molecule has 0 saturated carbocycles. The highest BCUT2D eigenvalue weighted by atomic mass is 16.4. The first kappa shape index (κ1) is 13.2. The third kappa shape index (κ3) is 4.24. The minimum absolute atomic E-state index is 0.388. The van der Waals surface area contributed by atoms with Crippen LogP contribution in [0.15, 0.2) is 30.3 Å². The molecule has 0 radical (unpaired) electrons. The van der Waals surface area contributed by atoms with Gasteiger partial charge >= 0.3 is 5.97 Å². The van der Waals surface area contributed by atoms with Crippen molar-refractivity contribution in [1.29, 1.82) is 0 Å². The average molecular weight is 236 g/mol. The summed E-state index contributed by atoms with van der Waals surface area (Å²) in [6.45, 7) is 1.40. The predicted octanol–water partition coefficient (Wildman–Crippen LogP) is 0.146. The fourth-order valence-corrected chi connectivity index (χ4v) is 1.34. The van der Waals surface area contributed by atoms with E-state index in [0.717, 1.165) is 5.56 Å². The maximum absolute atomic E-state index is 11.6. The van der Waals surface area contributed by atoms with Crippen molar-refractivity contribution in [2.45, 2.75) is 25.4 Å². The lowest BCUT2D eigenvalue weighted by Gasteiger charge is -2.14. The van der Waals surface area contributed by atoms with E-state index in [1.165, 1.54) is 6.92 Å². The molecule has 0 aromatic heterocycles. The molecule has 1 unspecified atom stereocenters. The van der Waals surface area contributed by atoms with Crippen molar-refractivity contribution in [3.05, 3.63) is 35.9 Å². The van der Waals surface area contributed by atoms with Crippen molar-refractivity contribution in [3.63, 3.8) is 0 Å². The summed E-state index contributed by atoms with van der Waals surface area (Å²) in [5.41, 5.74) is 6.64. The van der Waals surface area contributed by atoms with Crippen LogP contribution in [0.4, 0.5) is 0 Å². The van der Waals surface area contributed by atoms with Crippen molar-refractivity contribution >= 4 is 11.9 Å². The first-order valence-electron chi connectivity index (χ1n) is 5.33. The highest BCUT2D eigenvalue weighted by Gasteiger charge is 2.19. The van der Waals surface area contributed by atoms with Gasteiger partial charge in [-0.2, -0.15) is 0 Å². The van der Waals surface area contributed by atoms with Crippen LogP contribution in [0.3, 0.4) is 0 Å². The molecule has 0 aliphatic heterocycles. The van der Waals surface area contributed by atoms with Gasteiger partial charge in [0.15, 0.2) is 0 Å². The summed E-state index contributed by atoms with van der Waals surface area (Å²) in [4.78, 5) is 22.1. The summed E-state index contributed by atoms with van der Waals surface area (Å²) in [5, 5.41) is 11.0. The molecule has 92 valence electrons. The van der Waals surface area contributed by atoms with Gasteiger partial charge in [-0.15, -0.1) is 0 Å². The number of benzene rings is 1. The Labute approximate surface area is 99.6 Å². The smallest absolute Gasteiger partial charge is 0.325 e. The van der Waals surface area contributed by atoms with Crippen LogP contribution in [-0.2, 0) is 16.0 Å². The maximum Gasteiger partial charge on any atom is 0.325 e. The van der Waals surface area contributed by atoms with Gasteiger partial charge in [0.05, 0.1) is 6.04 Å². The Balaban J connectivity index is 2.50. The number of nitrogens with two attached hydrogens (primary N) is 1. The number of hydrogen-bond acceptors (Lipinski definition) is 3. The molecule has 0 spiro atoms. The van der Waals surface area contributed by atoms with Gasteiger partial charge in [0.2, 0.25) is 5.91 Å². The van der Waals surface area contributed by atoms with Crippen LogP contribution in [0, 0.1) is 0 Å². The first-order chi connectivity index (χ1) is 8.00. The van der Waals surface area contributed by atoms with Gasteiger partial charge in [0, 0.05) is 0 Å². The summed E-state index contributed by atoms with van der Waals surface area (Å²) in [7, 11) is 0. The Kier molecular flexibility index (Phi) is 4.66. The summed E-state index contributed by atoms with van der Waals surface area (Å²) >= 11 is 0. The number of carboxylic acid groups (broad SMARTS) is 1. The molecule has 1 aromatic rings. The van der Waals surface area contributed by atoms with E-state index in [0.29, 0.717) is 6.42 Å². The van der Waals surface area contributed by atoms with Crippen LogP contribution in [0.5, 0.6) is 0 Å². The van der Waals surface area contributed by atoms with Crippen molar-refractivity contribution in [1.82, 2.24) is 5.32 Å². The number of carboxylic acids is 1. The fourth-order valence-electron chi connectivity index (χ4n) is 1.34. The van der Waals surface area contributed by atoms with E-state index in [-0.39, 0.29) is 0 Å². The van der Waals surface area contributed by atoms with Gasteiger partial charge in [-0.3, -0.25) is 9.59 Å². The molecule has 0 saturated heterocycles. The molecule has 1 aromatic carbocycles. The standard InChI is InChI=1S/C12H16N2O3/c1-8(12(16)17)14-11(15)10(13)7-9-5-3-2-4-6-9/h2-6,8,10H,7,13H2,1H3,(H,14,15)(H,16,17)/t8-,10?/m1/s1. The van der Waals surface area contributed by atoms with Crippen molar-refractivity contribution in [2.24, 2.45) is 5.73 Å². The minimum atomic E-state index is -1.08. The zero-order valence-corrected chi connectivity index (χ0v) is 9.59. The van der Waals surface area contributed by atoms with Gasteiger partial charge < -0.3 is 16.2 Å². The summed E-state index contributed by atoms with van der Waals surface area (Å²) in [6.07, 6.45) is 0.388. The van der Waals surface area contributed by atoms with E-state index in [9.17, 15) is 9.59 Å². The van der Waals surface area contributed by atoms with E-state index < -0.39 is 24.0 Å². The second kappa shape index (κ2) is 6.00. The number of aliphatic carboxylic acids is 1. The third-order valence-corrected chi connectivity index (χ3v) is 2.36. The highest BCUT2D eigenvalue weighted by molar-refractivity contribution is 5.86. The molecule has 5 heteroatoms. The van der Waals surface area contributed by atoms with Crippen LogP contribution in [0.1, 0.15) is 12.5 Å². The molecule has 0 bridgehead atoms. The number of carbonyl (C=O) groups excluding carboxylic acids is 1. The quantitative estimate of drug-likeness (QED) is 0.678. The van der Waals surface area contributed by atoms with Gasteiger partial charge in [-0.05, 0) is 18.9 Å². The molecule has 0 aliphatic carbocycles. The van der Waals surface area contributed by atoms with Crippen LogP contribution in [0.2, 0.25) is 0 Å². The molecule has 5 nitrogen and oxygen atoms in total. The Morgan fingerprint density at radius 1 is 1.35 bits per heavy atom. The Hall–Kier alpha value is -1.88. The normalized spacial score (nSPS) is 13.8.